The van der Waals surface area contributed by atoms with Gasteiger partial charge < -0.3 is 14.6 Å². The van der Waals surface area contributed by atoms with Gasteiger partial charge in [0.1, 0.15) is 5.75 Å². The van der Waals surface area contributed by atoms with E-state index < -0.39 is 0 Å². The molecule has 1 amide bonds. The van der Waals surface area contributed by atoms with Gasteiger partial charge in [-0.1, -0.05) is 42.0 Å². The number of H-pyrrole nitrogens is 1. The summed E-state index contributed by atoms with van der Waals surface area (Å²) in [5.41, 5.74) is 3.31. The maximum absolute atomic E-state index is 12.9. The molecule has 0 saturated carbocycles. The van der Waals surface area contributed by atoms with Crippen LogP contribution in [0.5, 0.6) is 5.75 Å². The van der Waals surface area contributed by atoms with E-state index in [-0.39, 0.29) is 18.6 Å². The maximum Gasteiger partial charge on any atom is 0.261 e. The summed E-state index contributed by atoms with van der Waals surface area (Å²) in [6, 6.07) is 19.8. The van der Waals surface area contributed by atoms with Crippen molar-refractivity contribution in [3.8, 4) is 5.75 Å². The predicted octanol–water partition coefficient (Wildman–Crippen LogP) is 5.16. The molecular weight excluding hydrogens is 368 g/mol. The van der Waals surface area contributed by atoms with Crippen LogP contribution in [0.1, 0.15) is 22.0 Å². The summed E-state index contributed by atoms with van der Waals surface area (Å²) >= 11 is 1.65. The van der Waals surface area contributed by atoms with Crippen molar-refractivity contribution in [3.05, 3.63) is 88.2 Å². The Bertz CT molecular complexity index is 1070. The van der Waals surface area contributed by atoms with Crippen molar-refractivity contribution < 1.29 is 9.53 Å². The first-order chi connectivity index (χ1) is 13.6. The minimum absolute atomic E-state index is 0.00376. The van der Waals surface area contributed by atoms with Gasteiger partial charge in [0.25, 0.3) is 5.91 Å². The highest BCUT2D eigenvalue weighted by Gasteiger charge is 2.27. The first-order valence-corrected chi connectivity index (χ1v) is 10.1. The number of likely N-dealkylation sites (N-methyl/N-ethyl adjacent to an activating group) is 1. The number of aryl methyl sites for hydroxylation is 1. The molecule has 4 rings (SSSR count). The summed E-state index contributed by atoms with van der Waals surface area (Å²) < 4.78 is 5.72. The van der Waals surface area contributed by atoms with E-state index in [1.165, 1.54) is 0 Å². The van der Waals surface area contributed by atoms with Crippen LogP contribution in [0.4, 0.5) is 0 Å². The molecule has 0 spiro atoms. The van der Waals surface area contributed by atoms with Crippen LogP contribution in [0.3, 0.4) is 0 Å². The number of thiophene rings is 1. The number of amides is 1. The quantitative estimate of drug-likeness (QED) is 0.494. The molecule has 0 radical (unpaired) electrons. The number of rotatable bonds is 6. The van der Waals surface area contributed by atoms with E-state index in [1.807, 2.05) is 74.1 Å². The fourth-order valence-electron chi connectivity index (χ4n) is 3.35. The standard InChI is InChI=1S/C23H22N2O2S/c1-16-9-11-17(12-10-16)27-15-22(26)25(2)23(21-8-5-13-28-21)19-14-24-20-7-4-3-6-18(19)20/h3-14,23-24H,15H2,1-2H3. The van der Waals surface area contributed by atoms with Gasteiger partial charge in [0.15, 0.2) is 6.61 Å². The molecule has 0 aliphatic heterocycles. The number of nitrogens with one attached hydrogen (secondary N) is 1. The van der Waals surface area contributed by atoms with Gasteiger partial charge in [-0.15, -0.1) is 11.3 Å². The Kier molecular flexibility index (Phi) is 5.17. The van der Waals surface area contributed by atoms with E-state index in [4.69, 9.17) is 4.74 Å². The number of para-hydroxylation sites is 1. The lowest BCUT2D eigenvalue weighted by atomic mass is 10.0. The fourth-order valence-corrected chi connectivity index (χ4v) is 4.23. The molecule has 0 aliphatic carbocycles. The molecule has 142 valence electrons. The predicted molar refractivity (Wildman–Crippen MR) is 114 cm³/mol. The highest BCUT2D eigenvalue weighted by atomic mass is 32.1. The van der Waals surface area contributed by atoms with Crippen molar-refractivity contribution >= 4 is 28.1 Å². The van der Waals surface area contributed by atoms with E-state index in [0.717, 1.165) is 26.9 Å². The van der Waals surface area contributed by atoms with Crippen LogP contribution in [0.15, 0.2) is 72.2 Å². The van der Waals surface area contributed by atoms with Crippen LogP contribution >= 0.6 is 11.3 Å². The van der Waals surface area contributed by atoms with Crippen molar-refractivity contribution in [3.63, 3.8) is 0 Å². The van der Waals surface area contributed by atoms with E-state index in [2.05, 4.69) is 17.1 Å². The monoisotopic (exact) mass is 390 g/mol. The van der Waals surface area contributed by atoms with Gasteiger partial charge in [0.2, 0.25) is 0 Å². The normalized spacial score (nSPS) is 12.1. The Morgan fingerprint density at radius 2 is 1.89 bits per heavy atom. The SMILES string of the molecule is Cc1ccc(OCC(=O)N(C)C(c2cccs2)c2c[nH]c3ccccc23)cc1. The molecule has 28 heavy (non-hydrogen) atoms. The van der Waals surface area contributed by atoms with Crippen LogP contribution in [-0.4, -0.2) is 29.4 Å². The van der Waals surface area contributed by atoms with Crippen molar-refractivity contribution in [2.75, 3.05) is 13.7 Å². The lowest BCUT2D eigenvalue weighted by molar-refractivity contribution is -0.133. The van der Waals surface area contributed by atoms with E-state index >= 15 is 0 Å². The number of ether oxygens (including phenoxy) is 1. The van der Waals surface area contributed by atoms with Crippen LogP contribution in [0.25, 0.3) is 10.9 Å². The lowest BCUT2D eigenvalue weighted by Crippen LogP contribution is -2.35. The van der Waals surface area contributed by atoms with Gasteiger partial charge >= 0.3 is 0 Å². The third-order valence-corrected chi connectivity index (χ3v) is 5.82. The highest BCUT2D eigenvalue weighted by molar-refractivity contribution is 7.10. The van der Waals surface area contributed by atoms with Gasteiger partial charge in [0.05, 0.1) is 6.04 Å². The molecule has 2 aromatic carbocycles. The second-order valence-electron chi connectivity index (χ2n) is 6.81. The molecule has 4 aromatic rings. The summed E-state index contributed by atoms with van der Waals surface area (Å²) in [4.78, 5) is 19.2. The molecule has 0 aliphatic rings. The summed E-state index contributed by atoms with van der Waals surface area (Å²) in [5.74, 6) is 0.636. The Morgan fingerprint density at radius 1 is 1.11 bits per heavy atom. The maximum atomic E-state index is 12.9. The van der Waals surface area contributed by atoms with Crippen molar-refractivity contribution in [1.29, 1.82) is 0 Å². The number of carbonyl (C=O) groups excluding carboxylic acids is 1. The Hall–Kier alpha value is -3.05. The van der Waals surface area contributed by atoms with Crippen molar-refractivity contribution in [1.82, 2.24) is 9.88 Å². The molecule has 2 heterocycles. The average Bonchev–Trinajstić information content (AvgIpc) is 3.38. The number of fused-ring (bicyclic) bond motifs is 1. The lowest BCUT2D eigenvalue weighted by Gasteiger charge is -2.27. The van der Waals surface area contributed by atoms with E-state index in [1.54, 1.807) is 16.2 Å². The Balaban J connectivity index is 1.59. The van der Waals surface area contributed by atoms with Gasteiger partial charge in [-0.25, -0.2) is 0 Å². The Labute approximate surface area is 168 Å². The third-order valence-electron chi connectivity index (χ3n) is 4.89. The topological polar surface area (TPSA) is 45.3 Å². The molecule has 0 saturated heterocycles. The minimum Gasteiger partial charge on any atom is -0.484 e. The molecule has 4 nitrogen and oxygen atoms in total. The zero-order valence-electron chi connectivity index (χ0n) is 15.9. The first kappa shape index (κ1) is 18.3. The fraction of sp³-hybridized carbons (Fsp3) is 0.174. The minimum atomic E-state index is -0.162. The molecule has 0 fully saturated rings. The van der Waals surface area contributed by atoms with E-state index in [9.17, 15) is 4.79 Å². The highest BCUT2D eigenvalue weighted by Crippen LogP contribution is 2.35. The van der Waals surface area contributed by atoms with Gasteiger partial charge in [-0.2, -0.15) is 0 Å². The summed E-state index contributed by atoms with van der Waals surface area (Å²) in [7, 11) is 1.84. The smallest absolute Gasteiger partial charge is 0.261 e. The number of benzene rings is 2. The molecule has 5 heteroatoms. The summed E-state index contributed by atoms with van der Waals surface area (Å²) in [5, 5.41) is 3.16. The zero-order valence-corrected chi connectivity index (χ0v) is 16.7. The van der Waals surface area contributed by atoms with Gasteiger partial charge in [-0.05, 0) is 36.6 Å². The number of hydrogen-bond acceptors (Lipinski definition) is 3. The Morgan fingerprint density at radius 3 is 2.64 bits per heavy atom. The average molecular weight is 391 g/mol. The van der Waals surface area contributed by atoms with Crippen LogP contribution in [-0.2, 0) is 4.79 Å². The molecule has 0 bridgehead atoms. The van der Waals surface area contributed by atoms with Crippen molar-refractivity contribution in [2.24, 2.45) is 0 Å². The van der Waals surface area contributed by atoms with E-state index in [0.29, 0.717) is 5.75 Å². The number of nitrogens with zero attached hydrogens (tertiary/aromatic N) is 1. The summed E-state index contributed by atoms with van der Waals surface area (Å²) in [6.45, 7) is 2.03. The number of aromatic nitrogens is 1. The molecule has 2 aromatic heterocycles. The summed E-state index contributed by atoms with van der Waals surface area (Å²) in [6.07, 6.45) is 2.00. The number of carbonyl (C=O) groups is 1. The number of hydrogen-bond donors (Lipinski definition) is 1. The second kappa shape index (κ2) is 7.90. The molecule has 1 atom stereocenters. The van der Waals surface area contributed by atoms with Gasteiger partial charge in [0, 0.05) is 34.6 Å². The van der Waals surface area contributed by atoms with Crippen molar-refractivity contribution in [2.45, 2.75) is 13.0 Å². The van der Waals surface area contributed by atoms with Crippen LogP contribution < -0.4 is 4.74 Å². The second-order valence-corrected chi connectivity index (χ2v) is 7.79. The molecular formula is C23H22N2O2S. The largest absolute Gasteiger partial charge is 0.484 e. The first-order valence-electron chi connectivity index (χ1n) is 9.18. The zero-order chi connectivity index (χ0) is 19.5. The number of aromatic amines is 1. The molecule has 1 N–H and O–H groups in total. The molecule has 1 unspecified atom stereocenters. The van der Waals surface area contributed by atoms with Crippen LogP contribution in [0.2, 0.25) is 0 Å². The third kappa shape index (κ3) is 3.66. The van der Waals surface area contributed by atoms with Crippen LogP contribution in [0, 0.1) is 6.92 Å². The van der Waals surface area contributed by atoms with Gasteiger partial charge in [-0.3, -0.25) is 4.79 Å².